The number of nitriles is 1. The molecule has 0 radical (unpaired) electrons. The molecular formula is C20H18ClFN2O4. The lowest BCUT2D eigenvalue weighted by Crippen LogP contribution is -2.36. The van der Waals surface area contributed by atoms with E-state index in [1.165, 1.54) is 30.3 Å². The predicted molar refractivity (Wildman–Crippen MR) is 101 cm³/mol. The Labute approximate surface area is 166 Å². The highest BCUT2D eigenvalue weighted by Crippen LogP contribution is 2.40. The number of aldehydes is 1. The van der Waals surface area contributed by atoms with Gasteiger partial charge in [-0.05, 0) is 29.7 Å². The topological polar surface area (TPSA) is 99.4 Å². The molecule has 1 unspecified atom stereocenters. The second kappa shape index (κ2) is 8.28. The van der Waals surface area contributed by atoms with E-state index in [2.05, 4.69) is 5.32 Å². The Kier molecular flexibility index (Phi) is 6.26. The van der Waals surface area contributed by atoms with Crippen LogP contribution in [0.15, 0.2) is 30.3 Å². The SMILES string of the molecule is CC(C)(C)C(NC(=O)O)c1ccc(Cl)c(Oc2cc(C#N)cc(C=O)c2)c1F. The van der Waals surface area contributed by atoms with E-state index in [1.807, 2.05) is 6.07 Å². The largest absolute Gasteiger partial charge is 0.465 e. The number of carbonyl (C=O) groups is 2. The van der Waals surface area contributed by atoms with Crippen LogP contribution >= 0.6 is 11.6 Å². The molecule has 0 aliphatic carbocycles. The summed E-state index contributed by atoms with van der Waals surface area (Å²) in [7, 11) is 0. The summed E-state index contributed by atoms with van der Waals surface area (Å²) in [5, 5.41) is 20.5. The minimum atomic E-state index is -1.30. The number of carbonyl (C=O) groups excluding carboxylic acids is 1. The van der Waals surface area contributed by atoms with Crippen molar-refractivity contribution in [1.82, 2.24) is 5.32 Å². The third kappa shape index (κ3) is 4.78. The van der Waals surface area contributed by atoms with Crippen LogP contribution in [0, 0.1) is 22.6 Å². The lowest BCUT2D eigenvalue weighted by Gasteiger charge is -2.31. The zero-order valence-electron chi connectivity index (χ0n) is 15.4. The van der Waals surface area contributed by atoms with Gasteiger partial charge in [-0.25, -0.2) is 9.18 Å². The number of halogens is 2. The van der Waals surface area contributed by atoms with E-state index in [4.69, 9.17) is 26.7 Å². The van der Waals surface area contributed by atoms with E-state index < -0.39 is 23.4 Å². The van der Waals surface area contributed by atoms with Crippen LogP contribution in [0.4, 0.5) is 9.18 Å². The summed E-state index contributed by atoms with van der Waals surface area (Å²) in [6, 6.07) is 7.84. The molecular weight excluding hydrogens is 387 g/mol. The van der Waals surface area contributed by atoms with Crippen LogP contribution in [0.5, 0.6) is 11.5 Å². The van der Waals surface area contributed by atoms with Crippen molar-refractivity contribution in [3.63, 3.8) is 0 Å². The summed E-state index contributed by atoms with van der Waals surface area (Å²) >= 11 is 6.09. The fraction of sp³-hybridized carbons (Fsp3) is 0.250. The summed E-state index contributed by atoms with van der Waals surface area (Å²) in [5.74, 6) is -1.11. The molecule has 0 saturated carbocycles. The zero-order chi connectivity index (χ0) is 21.1. The normalized spacial score (nSPS) is 12.0. The molecule has 146 valence electrons. The number of nitrogens with zero attached hydrogens (tertiary/aromatic N) is 1. The highest BCUT2D eigenvalue weighted by Gasteiger charge is 2.32. The van der Waals surface area contributed by atoms with E-state index in [1.54, 1.807) is 20.8 Å². The molecule has 0 heterocycles. The molecule has 0 aliphatic rings. The van der Waals surface area contributed by atoms with E-state index in [-0.39, 0.29) is 33.2 Å². The molecule has 0 saturated heterocycles. The van der Waals surface area contributed by atoms with Crippen LogP contribution in [-0.2, 0) is 0 Å². The van der Waals surface area contributed by atoms with Gasteiger partial charge in [0.25, 0.3) is 0 Å². The van der Waals surface area contributed by atoms with Gasteiger partial charge in [-0.2, -0.15) is 5.26 Å². The monoisotopic (exact) mass is 404 g/mol. The van der Waals surface area contributed by atoms with Crippen LogP contribution in [0.1, 0.15) is 48.3 Å². The molecule has 0 aromatic heterocycles. The smallest absolute Gasteiger partial charge is 0.405 e. The van der Waals surface area contributed by atoms with E-state index in [0.29, 0.717) is 6.29 Å². The van der Waals surface area contributed by atoms with E-state index in [9.17, 15) is 9.59 Å². The van der Waals surface area contributed by atoms with E-state index >= 15 is 4.39 Å². The van der Waals surface area contributed by atoms with Gasteiger partial charge in [-0.15, -0.1) is 0 Å². The lowest BCUT2D eigenvalue weighted by atomic mass is 9.82. The fourth-order valence-corrected chi connectivity index (χ4v) is 2.86. The van der Waals surface area contributed by atoms with Gasteiger partial charge in [0.2, 0.25) is 0 Å². The summed E-state index contributed by atoms with van der Waals surface area (Å²) in [6.07, 6.45) is -0.761. The van der Waals surface area contributed by atoms with Gasteiger partial charge in [-0.3, -0.25) is 4.79 Å². The van der Waals surface area contributed by atoms with E-state index in [0.717, 1.165) is 0 Å². The molecule has 2 rings (SSSR count). The molecule has 0 fully saturated rings. The Morgan fingerprint density at radius 1 is 1.36 bits per heavy atom. The fourth-order valence-electron chi connectivity index (χ4n) is 2.68. The maximum absolute atomic E-state index is 15.2. The van der Waals surface area contributed by atoms with Crippen molar-refractivity contribution in [3.8, 4) is 17.6 Å². The maximum atomic E-state index is 15.2. The molecule has 2 N–H and O–H groups in total. The van der Waals surface area contributed by atoms with Crippen LogP contribution in [0.3, 0.4) is 0 Å². The highest BCUT2D eigenvalue weighted by atomic mass is 35.5. The number of benzene rings is 2. The molecule has 28 heavy (non-hydrogen) atoms. The highest BCUT2D eigenvalue weighted by molar-refractivity contribution is 6.32. The average Bonchev–Trinajstić information content (AvgIpc) is 2.62. The number of hydrogen-bond acceptors (Lipinski definition) is 4. The molecule has 1 amide bonds. The van der Waals surface area contributed by atoms with Crippen LogP contribution < -0.4 is 10.1 Å². The molecule has 0 bridgehead atoms. The Hall–Kier alpha value is -3.11. The number of ether oxygens (including phenoxy) is 1. The molecule has 6 nitrogen and oxygen atoms in total. The standard InChI is InChI=1S/C20H18ClFN2O4/c1-20(2,3)18(24-19(26)27)14-4-5-15(21)17(16(14)22)28-13-7-11(9-23)6-12(8-13)10-25/h4-8,10,18,24H,1-3H3,(H,26,27). The van der Waals surface area contributed by atoms with Crippen molar-refractivity contribution in [2.45, 2.75) is 26.8 Å². The van der Waals surface area contributed by atoms with Gasteiger partial charge in [-0.1, -0.05) is 38.4 Å². The Morgan fingerprint density at radius 2 is 2.04 bits per heavy atom. The van der Waals surface area contributed by atoms with Crippen molar-refractivity contribution in [2.24, 2.45) is 5.41 Å². The van der Waals surface area contributed by atoms with Crippen molar-refractivity contribution in [3.05, 3.63) is 57.9 Å². The second-order valence-corrected chi connectivity index (χ2v) is 7.56. The third-order valence-electron chi connectivity index (χ3n) is 3.94. The van der Waals surface area contributed by atoms with Crippen molar-refractivity contribution < 1.29 is 23.8 Å². The van der Waals surface area contributed by atoms with Gasteiger partial charge in [0, 0.05) is 11.1 Å². The first-order valence-electron chi connectivity index (χ1n) is 8.22. The van der Waals surface area contributed by atoms with Gasteiger partial charge in [0.1, 0.15) is 12.0 Å². The number of hydrogen-bond donors (Lipinski definition) is 2. The second-order valence-electron chi connectivity index (χ2n) is 7.15. The summed E-state index contributed by atoms with van der Waals surface area (Å²) in [4.78, 5) is 22.2. The van der Waals surface area contributed by atoms with Crippen molar-refractivity contribution >= 4 is 24.0 Å². The molecule has 0 aliphatic heterocycles. The average molecular weight is 405 g/mol. The van der Waals surface area contributed by atoms with Crippen molar-refractivity contribution in [2.75, 3.05) is 0 Å². The third-order valence-corrected chi connectivity index (χ3v) is 4.24. The van der Waals surface area contributed by atoms with Gasteiger partial charge < -0.3 is 15.2 Å². The minimum absolute atomic E-state index is 0.0424. The lowest BCUT2D eigenvalue weighted by molar-refractivity contribution is 0.112. The summed E-state index contributed by atoms with van der Waals surface area (Å²) in [5.41, 5.74) is -0.244. The number of carboxylic acid groups (broad SMARTS) is 1. The Balaban J connectivity index is 2.55. The Bertz CT molecular complexity index is 964. The van der Waals surface area contributed by atoms with Gasteiger partial charge >= 0.3 is 6.09 Å². The van der Waals surface area contributed by atoms with Gasteiger partial charge in [0.15, 0.2) is 11.6 Å². The number of nitrogens with one attached hydrogen (secondary N) is 1. The van der Waals surface area contributed by atoms with Gasteiger partial charge in [0.05, 0.1) is 22.7 Å². The first-order chi connectivity index (χ1) is 13.1. The molecule has 1 atom stereocenters. The molecule has 0 spiro atoms. The minimum Gasteiger partial charge on any atom is -0.465 e. The quantitative estimate of drug-likeness (QED) is 0.658. The van der Waals surface area contributed by atoms with Crippen LogP contribution in [0.25, 0.3) is 0 Å². The zero-order valence-corrected chi connectivity index (χ0v) is 16.2. The van der Waals surface area contributed by atoms with Crippen LogP contribution in [0.2, 0.25) is 5.02 Å². The summed E-state index contributed by atoms with van der Waals surface area (Å²) in [6.45, 7) is 5.28. The Morgan fingerprint density at radius 3 is 2.57 bits per heavy atom. The molecule has 8 heteroatoms. The molecule has 2 aromatic carbocycles. The number of rotatable bonds is 5. The van der Waals surface area contributed by atoms with Crippen molar-refractivity contribution in [1.29, 1.82) is 5.26 Å². The maximum Gasteiger partial charge on any atom is 0.405 e. The molecule has 2 aromatic rings. The predicted octanol–water partition coefficient (Wildman–Crippen LogP) is 5.31. The number of amides is 1. The first kappa shape index (κ1) is 21.2. The summed E-state index contributed by atoms with van der Waals surface area (Å²) < 4.78 is 20.8. The van der Waals surface area contributed by atoms with Crippen LogP contribution in [-0.4, -0.2) is 17.5 Å². The first-order valence-corrected chi connectivity index (χ1v) is 8.60.